The fourth-order valence-electron chi connectivity index (χ4n) is 2.61. The van der Waals surface area contributed by atoms with Gasteiger partial charge < -0.3 is 9.47 Å². The van der Waals surface area contributed by atoms with Crippen LogP contribution in [0.4, 0.5) is 0 Å². The maximum Gasteiger partial charge on any atom is 0.311 e. The van der Waals surface area contributed by atoms with Gasteiger partial charge in [-0.1, -0.05) is 37.3 Å². The molecule has 122 valence electrons. The van der Waals surface area contributed by atoms with Crippen molar-refractivity contribution in [1.82, 2.24) is 0 Å². The summed E-state index contributed by atoms with van der Waals surface area (Å²) in [6.45, 7) is 9.83. The fraction of sp³-hybridized carbons (Fsp3) is 0.632. The van der Waals surface area contributed by atoms with E-state index >= 15 is 0 Å². The maximum atomic E-state index is 11.8. The minimum atomic E-state index is -0.415. The predicted octanol–water partition coefficient (Wildman–Crippen LogP) is 4.06. The number of ether oxygens (including phenoxy) is 2. The van der Waals surface area contributed by atoms with Crippen LogP contribution in [-0.4, -0.2) is 19.2 Å². The van der Waals surface area contributed by atoms with Crippen molar-refractivity contribution in [2.75, 3.05) is 13.2 Å². The van der Waals surface area contributed by atoms with E-state index in [0.29, 0.717) is 31.0 Å². The molecule has 0 aromatic heterocycles. The summed E-state index contributed by atoms with van der Waals surface area (Å²) in [6.07, 6.45) is 1.18. The standard InChI is InChI=1S/C19H28O3/c1-14(11-22-18(20)19(2,3)4)17-10-16(17)13-21-12-15-8-6-5-7-9-15/h5-9,14,16-17H,10-13H2,1-4H3/t14-,16+,17+/m0/s1. The summed E-state index contributed by atoms with van der Waals surface area (Å²) in [4.78, 5) is 11.8. The van der Waals surface area contributed by atoms with Gasteiger partial charge in [0.05, 0.1) is 25.2 Å². The minimum Gasteiger partial charge on any atom is -0.465 e. The molecule has 0 spiro atoms. The van der Waals surface area contributed by atoms with Gasteiger partial charge in [0.1, 0.15) is 0 Å². The Kier molecular flexibility index (Phi) is 5.63. The van der Waals surface area contributed by atoms with E-state index in [2.05, 4.69) is 19.1 Å². The van der Waals surface area contributed by atoms with Gasteiger partial charge in [-0.3, -0.25) is 4.79 Å². The molecule has 1 fully saturated rings. The second-order valence-electron chi connectivity index (χ2n) is 7.49. The molecular weight excluding hydrogens is 276 g/mol. The molecule has 3 atom stereocenters. The van der Waals surface area contributed by atoms with Crippen molar-refractivity contribution in [3.63, 3.8) is 0 Å². The molecule has 0 unspecified atom stereocenters. The number of carbonyl (C=O) groups excluding carboxylic acids is 1. The molecule has 3 nitrogen and oxygen atoms in total. The van der Waals surface area contributed by atoms with Gasteiger partial charge in [0.15, 0.2) is 0 Å². The van der Waals surface area contributed by atoms with Crippen molar-refractivity contribution in [3.8, 4) is 0 Å². The summed E-state index contributed by atoms with van der Waals surface area (Å²) in [5, 5.41) is 0. The molecule has 2 rings (SSSR count). The van der Waals surface area contributed by atoms with Crippen LogP contribution in [0, 0.1) is 23.2 Å². The van der Waals surface area contributed by atoms with E-state index in [1.165, 1.54) is 12.0 Å². The Labute approximate surface area is 134 Å². The molecule has 0 N–H and O–H groups in total. The number of hydrogen-bond acceptors (Lipinski definition) is 3. The number of rotatable bonds is 7. The normalized spacial score (nSPS) is 22.2. The van der Waals surface area contributed by atoms with Gasteiger partial charge in [-0.15, -0.1) is 0 Å². The molecule has 0 bridgehead atoms. The lowest BCUT2D eigenvalue weighted by Gasteiger charge is -2.19. The van der Waals surface area contributed by atoms with Crippen LogP contribution in [0.2, 0.25) is 0 Å². The molecule has 0 amide bonds. The highest BCUT2D eigenvalue weighted by Gasteiger charge is 2.41. The monoisotopic (exact) mass is 304 g/mol. The Morgan fingerprint density at radius 3 is 2.59 bits per heavy atom. The first-order chi connectivity index (χ1) is 10.4. The first-order valence-electron chi connectivity index (χ1n) is 8.17. The topological polar surface area (TPSA) is 35.5 Å². The zero-order chi connectivity index (χ0) is 16.2. The van der Waals surface area contributed by atoms with E-state index in [9.17, 15) is 4.79 Å². The van der Waals surface area contributed by atoms with Crippen LogP contribution in [-0.2, 0) is 20.9 Å². The smallest absolute Gasteiger partial charge is 0.311 e. The fourth-order valence-corrected chi connectivity index (χ4v) is 2.61. The quantitative estimate of drug-likeness (QED) is 0.712. The highest BCUT2D eigenvalue weighted by molar-refractivity contribution is 5.75. The Bertz CT molecular complexity index is 475. The SMILES string of the molecule is C[C@@H](COC(=O)C(C)(C)C)[C@H]1C[C@@H]1COCc1ccccc1. The van der Waals surface area contributed by atoms with Gasteiger partial charge in [-0.25, -0.2) is 0 Å². The predicted molar refractivity (Wildman–Crippen MR) is 87.3 cm³/mol. The van der Waals surface area contributed by atoms with E-state index < -0.39 is 5.41 Å². The van der Waals surface area contributed by atoms with Gasteiger partial charge in [0, 0.05) is 0 Å². The third-order valence-electron chi connectivity index (χ3n) is 4.24. The summed E-state index contributed by atoms with van der Waals surface area (Å²) in [6, 6.07) is 10.2. The first kappa shape index (κ1) is 17.0. The van der Waals surface area contributed by atoms with Crippen LogP contribution in [0.15, 0.2) is 30.3 Å². The lowest BCUT2D eigenvalue weighted by molar-refractivity contribution is -0.154. The molecule has 1 aliphatic carbocycles. The molecular formula is C19H28O3. The highest BCUT2D eigenvalue weighted by Crippen LogP contribution is 2.44. The minimum absolute atomic E-state index is 0.114. The Balaban J connectivity index is 1.62. The summed E-state index contributed by atoms with van der Waals surface area (Å²) in [5.41, 5.74) is 0.799. The van der Waals surface area contributed by atoms with Crippen molar-refractivity contribution in [2.45, 2.75) is 40.7 Å². The van der Waals surface area contributed by atoms with Crippen molar-refractivity contribution in [2.24, 2.45) is 23.2 Å². The lowest BCUT2D eigenvalue weighted by Crippen LogP contribution is -2.25. The molecule has 0 saturated heterocycles. The van der Waals surface area contributed by atoms with Crippen LogP contribution in [0.25, 0.3) is 0 Å². The number of esters is 1. The van der Waals surface area contributed by atoms with Crippen molar-refractivity contribution in [1.29, 1.82) is 0 Å². The molecule has 1 saturated carbocycles. The Hall–Kier alpha value is -1.35. The van der Waals surface area contributed by atoms with Crippen molar-refractivity contribution >= 4 is 5.97 Å². The van der Waals surface area contributed by atoms with Crippen LogP contribution < -0.4 is 0 Å². The number of benzene rings is 1. The van der Waals surface area contributed by atoms with E-state index in [-0.39, 0.29) is 5.97 Å². The van der Waals surface area contributed by atoms with Crippen LogP contribution in [0.3, 0.4) is 0 Å². The van der Waals surface area contributed by atoms with E-state index in [4.69, 9.17) is 9.47 Å². The number of carbonyl (C=O) groups is 1. The number of hydrogen-bond donors (Lipinski definition) is 0. The van der Waals surface area contributed by atoms with E-state index in [1.54, 1.807) is 0 Å². The van der Waals surface area contributed by atoms with Crippen LogP contribution in [0.1, 0.15) is 39.7 Å². The average molecular weight is 304 g/mol. The molecule has 0 radical (unpaired) electrons. The summed E-state index contributed by atoms with van der Waals surface area (Å²) < 4.78 is 11.2. The summed E-state index contributed by atoms with van der Waals surface area (Å²) in [7, 11) is 0. The third-order valence-corrected chi connectivity index (χ3v) is 4.24. The van der Waals surface area contributed by atoms with E-state index in [0.717, 1.165) is 6.61 Å². The zero-order valence-electron chi connectivity index (χ0n) is 14.2. The third kappa shape index (κ3) is 5.13. The Morgan fingerprint density at radius 2 is 1.95 bits per heavy atom. The summed E-state index contributed by atoms with van der Waals surface area (Å²) in [5.74, 6) is 1.55. The molecule has 3 heteroatoms. The van der Waals surface area contributed by atoms with Crippen molar-refractivity contribution in [3.05, 3.63) is 35.9 Å². The van der Waals surface area contributed by atoms with Crippen LogP contribution >= 0.6 is 0 Å². The highest BCUT2D eigenvalue weighted by atomic mass is 16.5. The molecule has 1 aliphatic rings. The lowest BCUT2D eigenvalue weighted by atomic mass is 9.97. The van der Waals surface area contributed by atoms with Crippen LogP contribution in [0.5, 0.6) is 0 Å². The van der Waals surface area contributed by atoms with Gasteiger partial charge in [-0.2, -0.15) is 0 Å². The van der Waals surface area contributed by atoms with Gasteiger partial charge in [0.2, 0.25) is 0 Å². The molecule has 22 heavy (non-hydrogen) atoms. The van der Waals surface area contributed by atoms with E-state index in [1.807, 2.05) is 39.0 Å². The second-order valence-corrected chi connectivity index (χ2v) is 7.49. The van der Waals surface area contributed by atoms with Gasteiger partial charge in [-0.05, 0) is 50.5 Å². The summed E-state index contributed by atoms with van der Waals surface area (Å²) >= 11 is 0. The Morgan fingerprint density at radius 1 is 1.27 bits per heavy atom. The molecule has 1 aromatic rings. The first-order valence-corrected chi connectivity index (χ1v) is 8.17. The van der Waals surface area contributed by atoms with Gasteiger partial charge in [0.25, 0.3) is 0 Å². The second kappa shape index (κ2) is 7.28. The largest absolute Gasteiger partial charge is 0.465 e. The van der Waals surface area contributed by atoms with Crippen molar-refractivity contribution < 1.29 is 14.3 Å². The maximum absolute atomic E-state index is 11.8. The van der Waals surface area contributed by atoms with Gasteiger partial charge >= 0.3 is 5.97 Å². The zero-order valence-corrected chi connectivity index (χ0v) is 14.2. The molecule has 0 heterocycles. The molecule has 1 aromatic carbocycles. The average Bonchev–Trinajstić information content (AvgIpc) is 3.24. The molecule has 0 aliphatic heterocycles.